The van der Waals surface area contributed by atoms with Gasteiger partial charge in [-0.15, -0.1) is 0 Å². The van der Waals surface area contributed by atoms with E-state index in [1.165, 1.54) is 11.0 Å². The highest BCUT2D eigenvalue weighted by molar-refractivity contribution is 8.01. The molecule has 3 saturated heterocycles. The molecule has 3 atom stereocenters. The number of hydrogen-bond donors (Lipinski definition) is 1. The SMILES string of the molecule is CCCC(=O)NCC1CN(c2ccc(N3CCC4SCC43)c(F)c2)C(=O)O1. The fraction of sp³-hybridized carbons (Fsp3) is 0.579. The summed E-state index contributed by atoms with van der Waals surface area (Å²) in [5.41, 5.74) is 1.10. The molecule has 3 aliphatic heterocycles. The maximum absolute atomic E-state index is 14.8. The molecule has 3 unspecified atom stereocenters. The van der Waals surface area contributed by atoms with Crippen molar-refractivity contribution in [3.63, 3.8) is 0 Å². The second-order valence-electron chi connectivity index (χ2n) is 7.23. The fourth-order valence-electron chi connectivity index (χ4n) is 3.89. The Balaban J connectivity index is 1.40. The molecule has 4 rings (SSSR count). The third-order valence-electron chi connectivity index (χ3n) is 5.40. The van der Waals surface area contributed by atoms with E-state index in [1.54, 1.807) is 12.1 Å². The minimum atomic E-state index is -0.506. The maximum atomic E-state index is 14.8. The van der Waals surface area contributed by atoms with Crippen molar-refractivity contribution in [3.8, 4) is 0 Å². The molecule has 0 bridgehead atoms. The molecule has 1 aromatic rings. The lowest BCUT2D eigenvalue weighted by atomic mass is 10.2. The average molecular weight is 393 g/mol. The van der Waals surface area contributed by atoms with Crippen molar-refractivity contribution in [1.29, 1.82) is 0 Å². The highest BCUT2D eigenvalue weighted by Gasteiger charge is 2.42. The number of nitrogens with one attached hydrogen (secondary N) is 1. The van der Waals surface area contributed by atoms with Gasteiger partial charge in [-0.25, -0.2) is 9.18 Å². The lowest BCUT2D eigenvalue weighted by Crippen LogP contribution is -2.43. The van der Waals surface area contributed by atoms with Crippen molar-refractivity contribution in [2.24, 2.45) is 0 Å². The number of rotatable bonds is 6. The van der Waals surface area contributed by atoms with Crippen molar-refractivity contribution in [2.45, 2.75) is 43.6 Å². The molecule has 0 aliphatic carbocycles. The largest absolute Gasteiger partial charge is 0.442 e. The van der Waals surface area contributed by atoms with Crippen LogP contribution in [0, 0.1) is 5.82 Å². The van der Waals surface area contributed by atoms with Crippen LogP contribution in [-0.2, 0) is 9.53 Å². The molecule has 3 aliphatic rings. The van der Waals surface area contributed by atoms with E-state index in [0.29, 0.717) is 35.6 Å². The molecule has 8 heteroatoms. The first-order chi connectivity index (χ1) is 13.1. The number of ether oxygens (including phenoxy) is 1. The standard InChI is InChI=1S/C19H24FN3O3S/c1-2-3-18(24)21-9-13-10-23(19(25)26-13)12-4-5-15(14(20)8-12)22-7-6-17-16(22)11-27-17/h4-5,8,13,16-17H,2-3,6-7,9-11H2,1H3,(H,21,24). The number of halogens is 1. The van der Waals surface area contributed by atoms with Gasteiger partial charge in [0.05, 0.1) is 30.5 Å². The van der Waals surface area contributed by atoms with E-state index in [-0.39, 0.29) is 18.3 Å². The molecule has 3 heterocycles. The molecule has 2 amide bonds. The van der Waals surface area contributed by atoms with Crippen LogP contribution in [0.5, 0.6) is 0 Å². The van der Waals surface area contributed by atoms with Crippen LogP contribution in [0.3, 0.4) is 0 Å². The third kappa shape index (κ3) is 3.59. The zero-order chi connectivity index (χ0) is 19.0. The van der Waals surface area contributed by atoms with Crippen LogP contribution >= 0.6 is 11.8 Å². The summed E-state index contributed by atoms with van der Waals surface area (Å²) in [7, 11) is 0. The number of cyclic esters (lactones) is 1. The van der Waals surface area contributed by atoms with E-state index in [2.05, 4.69) is 10.2 Å². The Bertz CT molecular complexity index is 747. The number of hydrogen-bond acceptors (Lipinski definition) is 5. The molecule has 0 radical (unpaired) electrons. The highest BCUT2D eigenvalue weighted by atomic mass is 32.2. The van der Waals surface area contributed by atoms with Crippen LogP contribution in [0.4, 0.5) is 20.6 Å². The zero-order valence-corrected chi connectivity index (χ0v) is 16.1. The minimum absolute atomic E-state index is 0.0551. The number of fused-ring (bicyclic) bond motifs is 1. The van der Waals surface area contributed by atoms with Crippen molar-refractivity contribution >= 4 is 35.1 Å². The summed E-state index contributed by atoms with van der Waals surface area (Å²) < 4.78 is 20.1. The van der Waals surface area contributed by atoms with Crippen molar-refractivity contribution in [3.05, 3.63) is 24.0 Å². The lowest BCUT2D eigenvalue weighted by Gasteiger charge is -2.36. The number of carbonyl (C=O) groups excluding carboxylic acids is 2. The Morgan fingerprint density at radius 3 is 2.96 bits per heavy atom. The number of benzene rings is 1. The Labute approximate surface area is 162 Å². The molecular formula is C19H24FN3O3S. The molecular weight excluding hydrogens is 369 g/mol. The van der Waals surface area contributed by atoms with Gasteiger partial charge in [0.2, 0.25) is 5.91 Å². The monoisotopic (exact) mass is 393 g/mol. The number of nitrogens with zero attached hydrogens (tertiary/aromatic N) is 2. The summed E-state index contributed by atoms with van der Waals surface area (Å²) in [6.45, 7) is 3.39. The first kappa shape index (κ1) is 18.4. The predicted octanol–water partition coefficient (Wildman–Crippen LogP) is 2.76. The first-order valence-corrected chi connectivity index (χ1v) is 10.5. The van der Waals surface area contributed by atoms with Crippen LogP contribution < -0.4 is 15.1 Å². The summed E-state index contributed by atoms with van der Waals surface area (Å²) >= 11 is 1.95. The Kier molecular flexibility index (Phi) is 5.16. The van der Waals surface area contributed by atoms with Gasteiger partial charge in [0.1, 0.15) is 11.9 Å². The summed E-state index contributed by atoms with van der Waals surface area (Å²) in [6.07, 6.45) is 1.39. The van der Waals surface area contributed by atoms with Crippen LogP contribution in [0.1, 0.15) is 26.2 Å². The first-order valence-electron chi connectivity index (χ1n) is 9.49. The number of thioether (sulfide) groups is 1. The molecule has 27 heavy (non-hydrogen) atoms. The quantitative estimate of drug-likeness (QED) is 0.805. The topological polar surface area (TPSA) is 61.9 Å². The maximum Gasteiger partial charge on any atom is 0.414 e. The van der Waals surface area contributed by atoms with E-state index in [4.69, 9.17) is 4.74 Å². The van der Waals surface area contributed by atoms with Crippen LogP contribution in [0.25, 0.3) is 0 Å². The Morgan fingerprint density at radius 1 is 1.44 bits per heavy atom. The summed E-state index contributed by atoms with van der Waals surface area (Å²) in [4.78, 5) is 27.3. The summed E-state index contributed by atoms with van der Waals surface area (Å²) in [6, 6.07) is 5.38. The van der Waals surface area contributed by atoms with E-state index < -0.39 is 12.2 Å². The Hall–Kier alpha value is -1.96. The molecule has 0 aromatic heterocycles. The van der Waals surface area contributed by atoms with E-state index in [9.17, 15) is 14.0 Å². The Morgan fingerprint density at radius 2 is 2.30 bits per heavy atom. The summed E-state index contributed by atoms with van der Waals surface area (Å²) in [5, 5.41) is 3.39. The zero-order valence-electron chi connectivity index (χ0n) is 15.3. The van der Waals surface area contributed by atoms with Gasteiger partial charge < -0.3 is 15.0 Å². The van der Waals surface area contributed by atoms with Crippen LogP contribution in [0.2, 0.25) is 0 Å². The second kappa shape index (κ2) is 7.58. The number of amides is 2. The third-order valence-corrected chi connectivity index (χ3v) is 6.91. The average Bonchev–Trinajstić information content (AvgIpc) is 3.12. The van der Waals surface area contributed by atoms with Crippen molar-refractivity contribution in [1.82, 2.24) is 5.32 Å². The number of carbonyl (C=O) groups is 2. The molecule has 3 fully saturated rings. The van der Waals surface area contributed by atoms with Crippen LogP contribution in [-0.4, -0.2) is 54.8 Å². The van der Waals surface area contributed by atoms with Crippen molar-refractivity contribution in [2.75, 3.05) is 35.2 Å². The normalized spacial score (nSPS) is 26.6. The molecule has 1 aromatic carbocycles. The van der Waals surface area contributed by atoms with Gasteiger partial charge in [-0.05, 0) is 31.0 Å². The molecule has 1 N–H and O–H groups in total. The molecule has 6 nitrogen and oxygen atoms in total. The van der Waals surface area contributed by atoms with Gasteiger partial charge in [-0.3, -0.25) is 9.69 Å². The second-order valence-corrected chi connectivity index (χ2v) is 8.50. The number of anilines is 2. The predicted molar refractivity (Wildman–Crippen MR) is 104 cm³/mol. The van der Waals surface area contributed by atoms with E-state index >= 15 is 0 Å². The molecule has 146 valence electrons. The molecule has 0 spiro atoms. The minimum Gasteiger partial charge on any atom is -0.442 e. The fourth-order valence-corrected chi connectivity index (χ4v) is 5.13. The highest BCUT2D eigenvalue weighted by Crippen LogP contribution is 2.43. The summed E-state index contributed by atoms with van der Waals surface area (Å²) in [5.74, 6) is 0.688. The van der Waals surface area contributed by atoms with Crippen LogP contribution in [0.15, 0.2) is 18.2 Å². The van der Waals surface area contributed by atoms with E-state index in [1.807, 2.05) is 18.7 Å². The van der Waals surface area contributed by atoms with Gasteiger partial charge in [0.25, 0.3) is 0 Å². The van der Waals surface area contributed by atoms with Gasteiger partial charge in [0, 0.05) is 24.0 Å². The smallest absolute Gasteiger partial charge is 0.414 e. The lowest BCUT2D eigenvalue weighted by molar-refractivity contribution is -0.121. The molecule has 0 saturated carbocycles. The van der Waals surface area contributed by atoms with Crippen molar-refractivity contribution < 1.29 is 18.7 Å². The van der Waals surface area contributed by atoms with Gasteiger partial charge >= 0.3 is 6.09 Å². The van der Waals surface area contributed by atoms with Gasteiger partial charge in [0.15, 0.2) is 0 Å². The van der Waals surface area contributed by atoms with Gasteiger partial charge in [-0.1, -0.05) is 6.92 Å². The van der Waals surface area contributed by atoms with E-state index in [0.717, 1.165) is 25.1 Å². The van der Waals surface area contributed by atoms with Gasteiger partial charge in [-0.2, -0.15) is 11.8 Å².